The first kappa shape index (κ1) is 13.5. The lowest BCUT2D eigenvalue weighted by Gasteiger charge is -2.29. The van der Waals surface area contributed by atoms with E-state index >= 15 is 0 Å². The van der Waals surface area contributed by atoms with Gasteiger partial charge in [-0.05, 0) is 20.8 Å². The van der Waals surface area contributed by atoms with E-state index in [-0.39, 0.29) is 12.2 Å². The fourth-order valence-electron chi connectivity index (χ4n) is 2.54. The van der Waals surface area contributed by atoms with Crippen molar-refractivity contribution in [2.24, 2.45) is 5.16 Å². The van der Waals surface area contributed by atoms with Gasteiger partial charge in [0.25, 0.3) is 6.29 Å². The molecule has 0 amide bonds. The highest BCUT2D eigenvalue weighted by molar-refractivity contribution is 6.04. The molecule has 0 aliphatic carbocycles. The molecular weight excluding hydrogens is 258 g/mol. The van der Waals surface area contributed by atoms with Crippen LogP contribution in [0.15, 0.2) is 35.5 Å². The molecule has 0 aromatic heterocycles. The van der Waals surface area contributed by atoms with E-state index in [1.54, 1.807) is 0 Å². The highest BCUT2D eigenvalue weighted by Gasteiger charge is 2.51. The Morgan fingerprint density at radius 1 is 1.20 bits per heavy atom. The summed E-state index contributed by atoms with van der Waals surface area (Å²) in [5.41, 5.74) is 1.72. The molecule has 5 heteroatoms. The van der Waals surface area contributed by atoms with Crippen LogP contribution in [0.25, 0.3) is 0 Å². The van der Waals surface area contributed by atoms with E-state index in [0.29, 0.717) is 6.61 Å². The second-order valence-corrected chi connectivity index (χ2v) is 5.29. The van der Waals surface area contributed by atoms with Crippen LogP contribution in [-0.2, 0) is 19.0 Å². The third-order valence-corrected chi connectivity index (χ3v) is 3.32. The fraction of sp³-hybridized carbons (Fsp3) is 0.533. The zero-order valence-electron chi connectivity index (χ0n) is 11.9. The van der Waals surface area contributed by atoms with Gasteiger partial charge in [0.15, 0.2) is 11.9 Å². The molecule has 2 heterocycles. The first-order valence-corrected chi connectivity index (χ1v) is 6.87. The van der Waals surface area contributed by atoms with Gasteiger partial charge in [-0.2, -0.15) is 0 Å². The molecule has 1 saturated heterocycles. The minimum atomic E-state index is -0.673. The number of nitrogens with zero attached hydrogens (tertiary/aromatic N) is 1. The summed E-state index contributed by atoms with van der Waals surface area (Å²) < 4.78 is 17.4. The maximum atomic E-state index is 5.98. The Balaban J connectivity index is 1.93. The fourth-order valence-corrected chi connectivity index (χ4v) is 2.54. The van der Waals surface area contributed by atoms with E-state index in [2.05, 4.69) is 5.16 Å². The van der Waals surface area contributed by atoms with Crippen LogP contribution in [0.3, 0.4) is 0 Å². The minimum Gasteiger partial charge on any atom is -0.360 e. The molecule has 0 N–H and O–H groups in total. The van der Waals surface area contributed by atoms with Crippen LogP contribution in [0.5, 0.6) is 0 Å². The first-order chi connectivity index (χ1) is 9.61. The molecule has 0 spiro atoms. The second-order valence-electron chi connectivity index (χ2n) is 5.29. The molecule has 0 radical (unpaired) electrons. The number of fused-ring (bicyclic) bond motifs is 1. The molecule has 0 saturated carbocycles. The summed E-state index contributed by atoms with van der Waals surface area (Å²) in [6.07, 6.45) is -1.12. The molecule has 108 valence electrons. The first-order valence-electron chi connectivity index (χ1n) is 6.87. The van der Waals surface area contributed by atoms with Gasteiger partial charge in [0, 0.05) is 12.2 Å². The normalized spacial score (nSPS) is 31.4. The van der Waals surface area contributed by atoms with Gasteiger partial charge in [-0.1, -0.05) is 35.5 Å². The average Bonchev–Trinajstić information content (AvgIpc) is 2.76. The number of oxime groups is 1. The van der Waals surface area contributed by atoms with E-state index in [4.69, 9.17) is 19.0 Å². The van der Waals surface area contributed by atoms with Crippen molar-refractivity contribution in [1.82, 2.24) is 0 Å². The van der Waals surface area contributed by atoms with Gasteiger partial charge in [-0.25, -0.2) is 0 Å². The van der Waals surface area contributed by atoms with Crippen molar-refractivity contribution >= 4 is 5.71 Å². The number of ether oxygens (including phenoxy) is 3. The molecule has 20 heavy (non-hydrogen) atoms. The molecule has 2 aliphatic rings. The topological polar surface area (TPSA) is 49.3 Å². The Morgan fingerprint density at radius 3 is 2.65 bits per heavy atom. The van der Waals surface area contributed by atoms with Crippen LogP contribution >= 0.6 is 0 Å². The maximum Gasteiger partial charge on any atom is 0.256 e. The molecule has 3 atom stereocenters. The second kappa shape index (κ2) is 5.16. The Hall–Kier alpha value is -1.43. The summed E-state index contributed by atoms with van der Waals surface area (Å²) in [5, 5.41) is 4.19. The van der Waals surface area contributed by atoms with E-state index in [1.165, 1.54) is 0 Å². The van der Waals surface area contributed by atoms with Crippen LogP contribution in [0.1, 0.15) is 26.3 Å². The highest BCUT2D eigenvalue weighted by Crippen LogP contribution is 2.35. The summed E-state index contributed by atoms with van der Waals surface area (Å²) >= 11 is 0. The van der Waals surface area contributed by atoms with Gasteiger partial charge in [-0.15, -0.1) is 0 Å². The smallest absolute Gasteiger partial charge is 0.256 e. The van der Waals surface area contributed by atoms with Crippen LogP contribution in [0, 0.1) is 0 Å². The quantitative estimate of drug-likeness (QED) is 0.850. The van der Waals surface area contributed by atoms with Crippen LogP contribution in [0.4, 0.5) is 0 Å². The molecule has 2 aliphatic heterocycles. The van der Waals surface area contributed by atoms with Crippen LogP contribution in [-0.4, -0.2) is 36.6 Å². The largest absolute Gasteiger partial charge is 0.360 e. The van der Waals surface area contributed by atoms with Crippen molar-refractivity contribution < 1.29 is 19.0 Å². The zero-order chi connectivity index (χ0) is 14.2. The van der Waals surface area contributed by atoms with E-state index < -0.39 is 12.1 Å². The summed E-state index contributed by atoms with van der Waals surface area (Å²) in [7, 11) is 0. The van der Waals surface area contributed by atoms with Gasteiger partial charge < -0.3 is 19.0 Å². The molecule has 1 aromatic rings. The van der Waals surface area contributed by atoms with Crippen molar-refractivity contribution in [3.63, 3.8) is 0 Å². The third kappa shape index (κ3) is 2.44. The monoisotopic (exact) mass is 277 g/mol. The molecule has 1 fully saturated rings. The standard InChI is InChI=1S/C15H19NO4/c1-4-17-14-13-12(18-15(2,3)19-13)11(16-20-14)10-8-6-5-7-9-10/h5-9,12-14H,4H2,1-3H3/t12-,13-,14-/m0/s1. The van der Waals surface area contributed by atoms with Gasteiger partial charge in [-0.3, -0.25) is 0 Å². The summed E-state index contributed by atoms with van der Waals surface area (Å²) in [5.74, 6) is -0.673. The molecule has 0 unspecified atom stereocenters. The van der Waals surface area contributed by atoms with Gasteiger partial charge in [0.1, 0.15) is 11.8 Å². The minimum absolute atomic E-state index is 0.280. The van der Waals surface area contributed by atoms with Crippen molar-refractivity contribution in [2.75, 3.05) is 6.61 Å². The number of hydrogen-bond acceptors (Lipinski definition) is 5. The van der Waals surface area contributed by atoms with Gasteiger partial charge in [0.2, 0.25) is 0 Å². The molecule has 1 aromatic carbocycles. The molecule has 5 nitrogen and oxygen atoms in total. The maximum absolute atomic E-state index is 5.98. The lowest BCUT2D eigenvalue weighted by atomic mass is 10.0. The highest BCUT2D eigenvalue weighted by atomic mass is 16.8. The van der Waals surface area contributed by atoms with Crippen molar-refractivity contribution in [3.05, 3.63) is 35.9 Å². The van der Waals surface area contributed by atoms with Crippen LogP contribution < -0.4 is 0 Å². The predicted molar refractivity (Wildman–Crippen MR) is 73.3 cm³/mol. The molecular formula is C15H19NO4. The van der Waals surface area contributed by atoms with E-state index in [0.717, 1.165) is 11.3 Å². The summed E-state index contributed by atoms with van der Waals surface area (Å²) in [6, 6.07) is 9.85. The van der Waals surface area contributed by atoms with Crippen LogP contribution in [0.2, 0.25) is 0 Å². The van der Waals surface area contributed by atoms with Gasteiger partial charge >= 0.3 is 0 Å². The average molecular weight is 277 g/mol. The Bertz CT molecular complexity index is 500. The zero-order valence-corrected chi connectivity index (χ0v) is 11.9. The number of hydrogen-bond donors (Lipinski definition) is 0. The Labute approximate surface area is 118 Å². The van der Waals surface area contributed by atoms with E-state index in [1.807, 2.05) is 51.1 Å². The number of rotatable bonds is 3. The number of benzene rings is 1. The summed E-state index contributed by atoms with van der Waals surface area (Å²) in [4.78, 5) is 5.45. The van der Waals surface area contributed by atoms with Crippen molar-refractivity contribution in [2.45, 2.75) is 45.1 Å². The Kier molecular flexibility index (Phi) is 3.50. The lowest BCUT2D eigenvalue weighted by molar-refractivity contribution is -0.221. The lowest BCUT2D eigenvalue weighted by Crippen LogP contribution is -2.46. The van der Waals surface area contributed by atoms with Crippen molar-refractivity contribution in [3.8, 4) is 0 Å². The van der Waals surface area contributed by atoms with E-state index in [9.17, 15) is 0 Å². The molecule has 3 rings (SSSR count). The molecule has 0 bridgehead atoms. The predicted octanol–water partition coefficient (Wildman–Crippen LogP) is 2.30. The van der Waals surface area contributed by atoms with Crippen molar-refractivity contribution in [1.29, 1.82) is 0 Å². The SMILES string of the molecule is CCO[C@H]1ON=C(c2ccccc2)[C@@H]2OC(C)(C)O[C@H]12. The third-order valence-electron chi connectivity index (χ3n) is 3.32. The Morgan fingerprint density at radius 2 is 1.95 bits per heavy atom. The van der Waals surface area contributed by atoms with Gasteiger partial charge in [0.05, 0.1) is 0 Å². The summed E-state index contributed by atoms with van der Waals surface area (Å²) in [6.45, 7) is 6.22.